The van der Waals surface area contributed by atoms with Crippen LogP contribution in [0.1, 0.15) is 12.8 Å². The molecule has 1 saturated heterocycles. The van der Waals surface area contributed by atoms with E-state index in [-0.39, 0.29) is 25.6 Å². The first kappa shape index (κ1) is 14.0. The molecular weight excluding hydrogens is 269 g/mol. The summed E-state index contributed by atoms with van der Waals surface area (Å²) < 4.78 is 66.2. The molecule has 0 bridgehead atoms. The summed E-state index contributed by atoms with van der Waals surface area (Å²) >= 11 is 0. The number of hydrogen-bond acceptors (Lipinski definition) is 2. The molecule has 19 heavy (non-hydrogen) atoms. The van der Waals surface area contributed by atoms with Crippen LogP contribution in [-0.4, -0.2) is 24.8 Å². The van der Waals surface area contributed by atoms with Crippen molar-refractivity contribution in [1.29, 1.82) is 0 Å². The summed E-state index contributed by atoms with van der Waals surface area (Å²) in [6.45, 7) is 0.234. The van der Waals surface area contributed by atoms with Gasteiger partial charge in [-0.15, -0.1) is 0 Å². The zero-order chi connectivity index (χ0) is 14.2. The highest BCUT2D eigenvalue weighted by molar-refractivity contribution is 5.50. The zero-order valence-electron chi connectivity index (χ0n) is 9.90. The predicted molar refractivity (Wildman–Crippen MR) is 58.3 cm³/mol. The predicted octanol–water partition coefficient (Wildman–Crippen LogP) is 2.59. The summed E-state index contributed by atoms with van der Waals surface area (Å²) in [6, 6.07) is 0. The molecule has 0 unspecified atom stereocenters. The highest BCUT2D eigenvalue weighted by Crippen LogP contribution is 2.32. The molecule has 0 saturated carbocycles. The lowest BCUT2D eigenvalue weighted by atomic mass is 9.97. The van der Waals surface area contributed by atoms with Crippen LogP contribution in [0.15, 0.2) is 0 Å². The Bertz CT molecular complexity index is 456. The van der Waals surface area contributed by atoms with Gasteiger partial charge in [-0.25, -0.2) is 22.0 Å². The smallest absolute Gasteiger partial charge is 0.200 e. The number of nitrogens with zero attached hydrogens (tertiary/aromatic N) is 1. The van der Waals surface area contributed by atoms with Gasteiger partial charge in [-0.2, -0.15) is 0 Å². The highest BCUT2D eigenvalue weighted by Gasteiger charge is 2.30. The number of rotatable bonds is 2. The number of aliphatic hydroxyl groups is 1. The SMILES string of the molecule is OCC1CCN(c2c(F)c(F)c(F)c(F)c2F)CC1. The summed E-state index contributed by atoms with van der Waals surface area (Å²) in [5.41, 5.74) is -0.882. The van der Waals surface area contributed by atoms with E-state index in [0.29, 0.717) is 12.8 Å². The summed E-state index contributed by atoms with van der Waals surface area (Å²) in [5.74, 6) is -9.63. The average Bonchev–Trinajstić information content (AvgIpc) is 2.44. The maximum Gasteiger partial charge on any atom is 0.200 e. The normalized spacial score (nSPS) is 17.1. The lowest BCUT2D eigenvalue weighted by Crippen LogP contribution is -2.36. The molecule has 0 radical (unpaired) electrons. The molecule has 1 aromatic carbocycles. The van der Waals surface area contributed by atoms with E-state index in [4.69, 9.17) is 5.11 Å². The van der Waals surface area contributed by atoms with Crippen molar-refractivity contribution in [2.75, 3.05) is 24.6 Å². The van der Waals surface area contributed by atoms with Crippen LogP contribution in [0.2, 0.25) is 0 Å². The van der Waals surface area contributed by atoms with Gasteiger partial charge in [-0.3, -0.25) is 0 Å². The first-order valence-corrected chi connectivity index (χ1v) is 5.84. The summed E-state index contributed by atoms with van der Waals surface area (Å²) in [4.78, 5) is 1.13. The van der Waals surface area contributed by atoms with Crippen LogP contribution in [0.3, 0.4) is 0 Å². The Labute approximate surface area is 106 Å². The van der Waals surface area contributed by atoms with Gasteiger partial charge in [0.25, 0.3) is 0 Å². The van der Waals surface area contributed by atoms with E-state index in [2.05, 4.69) is 0 Å². The maximum absolute atomic E-state index is 13.6. The Balaban J connectivity index is 2.36. The fourth-order valence-corrected chi connectivity index (χ4v) is 2.21. The van der Waals surface area contributed by atoms with Crippen molar-refractivity contribution in [3.63, 3.8) is 0 Å². The highest BCUT2D eigenvalue weighted by atomic mass is 19.2. The molecule has 1 heterocycles. The maximum atomic E-state index is 13.6. The van der Waals surface area contributed by atoms with Crippen molar-refractivity contribution in [2.45, 2.75) is 12.8 Å². The Morgan fingerprint density at radius 2 is 1.26 bits per heavy atom. The molecule has 2 rings (SSSR count). The van der Waals surface area contributed by atoms with Crippen LogP contribution in [0, 0.1) is 35.0 Å². The van der Waals surface area contributed by atoms with Crippen molar-refractivity contribution in [3.05, 3.63) is 29.1 Å². The molecule has 0 spiro atoms. The number of aliphatic hydroxyl groups excluding tert-OH is 1. The lowest BCUT2D eigenvalue weighted by molar-refractivity contribution is 0.202. The van der Waals surface area contributed by atoms with Gasteiger partial charge in [-0.05, 0) is 18.8 Å². The molecule has 1 fully saturated rings. The molecule has 0 atom stereocenters. The molecule has 0 aromatic heterocycles. The van der Waals surface area contributed by atoms with Crippen molar-refractivity contribution in [3.8, 4) is 0 Å². The number of anilines is 1. The van der Waals surface area contributed by atoms with E-state index >= 15 is 0 Å². The third kappa shape index (κ3) is 2.39. The van der Waals surface area contributed by atoms with Crippen LogP contribution in [0.5, 0.6) is 0 Å². The van der Waals surface area contributed by atoms with Gasteiger partial charge in [0.2, 0.25) is 5.82 Å². The molecule has 0 amide bonds. The van der Waals surface area contributed by atoms with E-state index in [1.807, 2.05) is 0 Å². The van der Waals surface area contributed by atoms with E-state index in [1.165, 1.54) is 0 Å². The fourth-order valence-electron chi connectivity index (χ4n) is 2.21. The van der Waals surface area contributed by atoms with Crippen LogP contribution >= 0.6 is 0 Å². The molecule has 2 nitrogen and oxygen atoms in total. The van der Waals surface area contributed by atoms with Gasteiger partial charge in [0.15, 0.2) is 23.3 Å². The third-order valence-corrected chi connectivity index (χ3v) is 3.38. The number of piperidine rings is 1. The monoisotopic (exact) mass is 281 g/mol. The van der Waals surface area contributed by atoms with Crippen molar-refractivity contribution < 1.29 is 27.1 Å². The minimum absolute atomic E-state index is 0.00230. The quantitative estimate of drug-likeness (QED) is 0.511. The molecule has 1 aromatic rings. The second-order valence-electron chi connectivity index (χ2n) is 4.53. The topological polar surface area (TPSA) is 23.5 Å². The van der Waals surface area contributed by atoms with Crippen LogP contribution < -0.4 is 4.90 Å². The molecule has 1 aliphatic heterocycles. The first-order chi connectivity index (χ1) is 8.97. The second-order valence-corrected chi connectivity index (χ2v) is 4.53. The molecular formula is C12H12F5NO. The zero-order valence-corrected chi connectivity index (χ0v) is 9.90. The molecule has 106 valence electrons. The van der Waals surface area contributed by atoms with Crippen LogP contribution in [0.25, 0.3) is 0 Å². The Hall–Kier alpha value is -1.37. The fraction of sp³-hybridized carbons (Fsp3) is 0.500. The molecule has 7 heteroatoms. The third-order valence-electron chi connectivity index (χ3n) is 3.38. The van der Waals surface area contributed by atoms with Crippen LogP contribution in [0.4, 0.5) is 27.6 Å². The summed E-state index contributed by atoms with van der Waals surface area (Å²) in [6.07, 6.45) is 0.881. The van der Waals surface area contributed by atoms with E-state index in [1.54, 1.807) is 0 Å². The standard InChI is InChI=1S/C12H12F5NO/c13-7-8(14)10(16)12(11(17)9(7)15)18-3-1-6(5-19)2-4-18/h6,19H,1-5H2. The number of halogens is 5. The van der Waals surface area contributed by atoms with Gasteiger partial charge in [0.1, 0.15) is 5.69 Å². The van der Waals surface area contributed by atoms with E-state index in [0.717, 1.165) is 4.90 Å². The molecule has 1 aliphatic rings. The molecule has 1 N–H and O–H groups in total. The van der Waals surface area contributed by atoms with Gasteiger partial charge < -0.3 is 10.0 Å². The second kappa shape index (κ2) is 5.32. The Morgan fingerprint density at radius 3 is 1.68 bits per heavy atom. The Kier molecular flexibility index (Phi) is 3.93. The van der Waals surface area contributed by atoms with Crippen molar-refractivity contribution >= 4 is 5.69 Å². The largest absolute Gasteiger partial charge is 0.396 e. The lowest BCUT2D eigenvalue weighted by Gasteiger charge is -2.33. The van der Waals surface area contributed by atoms with Crippen molar-refractivity contribution in [2.24, 2.45) is 5.92 Å². The van der Waals surface area contributed by atoms with E-state index in [9.17, 15) is 22.0 Å². The Morgan fingerprint density at radius 1 is 0.842 bits per heavy atom. The van der Waals surface area contributed by atoms with Crippen molar-refractivity contribution in [1.82, 2.24) is 0 Å². The van der Waals surface area contributed by atoms with Gasteiger partial charge in [0, 0.05) is 19.7 Å². The first-order valence-electron chi connectivity index (χ1n) is 5.84. The minimum atomic E-state index is -2.15. The minimum Gasteiger partial charge on any atom is -0.396 e. The molecule has 0 aliphatic carbocycles. The summed E-state index contributed by atoms with van der Waals surface area (Å²) in [7, 11) is 0. The summed E-state index contributed by atoms with van der Waals surface area (Å²) in [5, 5.41) is 8.95. The average molecular weight is 281 g/mol. The number of benzene rings is 1. The van der Waals surface area contributed by atoms with Gasteiger partial charge in [-0.1, -0.05) is 0 Å². The van der Waals surface area contributed by atoms with Gasteiger partial charge >= 0.3 is 0 Å². The van der Waals surface area contributed by atoms with Gasteiger partial charge in [0.05, 0.1) is 0 Å². The van der Waals surface area contributed by atoms with E-state index < -0.39 is 34.8 Å². The van der Waals surface area contributed by atoms with Crippen LogP contribution in [-0.2, 0) is 0 Å². The number of hydrogen-bond donors (Lipinski definition) is 1.